The molecule has 0 aliphatic heterocycles. The molecule has 0 saturated carbocycles. The van der Waals surface area contributed by atoms with Crippen molar-refractivity contribution in [2.24, 2.45) is 0 Å². The van der Waals surface area contributed by atoms with Gasteiger partial charge in [-0.1, -0.05) is 29.8 Å². The maximum Gasteiger partial charge on any atom is 0.289 e. The first-order valence-electron chi connectivity index (χ1n) is 8.26. The van der Waals surface area contributed by atoms with E-state index in [1.54, 1.807) is 30.6 Å². The highest BCUT2D eigenvalue weighted by Crippen LogP contribution is 2.33. The van der Waals surface area contributed by atoms with Crippen LogP contribution in [0.5, 0.6) is 0 Å². The van der Waals surface area contributed by atoms with Gasteiger partial charge in [0, 0.05) is 30.6 Å². The second-order valence-electron chi connectivity index (χ2n) is 5.92. The largest absolute Gasteiger partial charge is 0.348 e. The summed E-state index contributed by atoms with van der Waals surface area (Å²) in [6, 6.07) is 12.3. The zero-order valence-electron chi connectivity index (χ0n) is 14.8. The quantitative estimate of drug-likeness (QED) is 0.471. The average molecular weight is 432 g/mol. The Hall–Kier alpha value is -3.30. The number of carbonyl (C=O) groups is 1. The summed E-state index contributed by atoms with van der Waals surface area (Å²) in [5.41, 5.74) is -0.00841. The summed E-state index contributed by atoms with van der Waals surface area (Å²) in [4.78, 5) is 26.2. The molecule has 29 heavy (non-hydrogen) atoms. The van der Waals surface area contributed by atoms with Crippen LogP contribution >= 0.6 is 11.6 Å². The minimum atomic E-state index is -4.26. The highest BCUT2D eigenvalue weighted by atomic mass is 35.5. The molecule has 1 aromatic heterocycles. The van der Waals surface area contributed by atoms with Crippen molar-refractivity contribution < 1.29 is 18.1 Å². The number of hydrogen-bond acceptors (Lipinski definition) is 6. The lowest BCUT2D eigenvalue weighted by Crippen LogP contribution is -2.23. The molecule has 0 fully saturated rings. The molecule has 0 unspecified atom stereocenters. The maximum absolute atomic E-state index is 12.9. The van der Waals surface area contributed by atoms with Crippen LogP contribution in [0.3, 0.4) is 0 Å². The smallest absolute Gasteiger partial charge is 0.289 e. The van der Waals surface area contributed by atoms with Crippen LogP contribution in [0, 0.1) is 10.1 Å². The van der Waals surface area contributed by atoms with Crippen LogP contribution in [0.2, 0.25) is 5.02 Å². The predicted octanol–water partition coefficient (Wildman–Crippen LogP) is 3.41. The average Bonchev–Trinajstić information content (AvgIpc) is 2.72. The van der Waals surface area contributed by atoms with Crippen molar-refractivity contribution >= 4 is 33.0 Å². The Morgan fingerprint density at radius 2 is 1.86 bits per heavy atom. The normalized spacial score (nSPS) is 11.1. The summed E-state index contributed by atoms with van der Waals surface area (Å²) < 4.78 is 25.8. The van der Waals surface area contributed by atoms with Gasteiger partial charge in [0.1, 0.15) is 4.90 Å². The third-order valence-electron chi connectivity index (χ3n) is 4.01. The molecule has 0 aliphatic carbocycles. The fraction of sp³-hybridized carbons (Fsp3) is 0.0526. The molecule has 3 rings (SSSR count). The molecule has 1 amide bonds. The number of halogens is 1. The van der Waals surface area contributed by atoms with E-state index in [0.29, 0.717) is 0 Å². The first-order valence-corrected chi connectivity index (χ1v) is 10.1. The predicted molar refractivity (Wildman–Crippen MR) is 105 cm³/mol. The molecule has 148 valence electrons. The molecule has 0 aliphatic rings. The van der Waals surface area contributed by atoms with Crippen molar-refractivity contribution in [3.8, 4) is 0 Å². The van der Waals surface area contributed by atoms with E-state index in [9.17, 15) is 23.3 Å². The fourth-order valence-corrected chi connectivity index (χ4v) is 4.51. The number of nitrogens with one attached hydrogen (secondary N) is 1. The van der Waals surface area contributed by atoms with E-state index in [1.165, 1.54) is 24.3 Å². The lowest BCUT2D eigenvalue weighted by molar-refractivity contribution is -0.387. The fourth-order valence-electron chi connectivity index (χ4n) is 2.60. The highest BCUT2D eigenvalue weighted by molar-refractivity contribution is 7.91. The highest BCUT2D eigenvalue weighted by Gasteiger charge is 2.30. The Morgan fingerprint density at radius 1 is 1.10 bits per heavy atom. The van der Waals surface area contributed by atoms with E-state index in [2.05, 4.69) is 10.3 Å². The van der Waals surface area contributed by atoms with Crippen molar-refractivity contribution in [1.82, 2.24) is 10.3 Å². The van der Waals surface area contributed by atoms with Gasteiger partial charge in [0.15, 0.2) is 0 Å². The first-order chi connectivity index (χ1) is 13.8. The van der Waals surface area contributed by atoms with Crippen LogP contribution in [0.25, 0.3) is 0 Å². The number of hydrogen-bond donors (Lipinski definition) is 1. The molecular formula is C19H14ClN3O5S. The van der Waals surface area contributed by atoms with Crippen LogP contribution in [0.1, 0.15) is 15.9 Å². The van der Waals surface area contributed by atoms with E-state index >= 15 is 0 Å². The number of nitro benzene ring substituents is 1. The van der Waals surface area contributed by atoms with Crippen LogP contribution in [-0.2, 0) is 16.4 Å². The van der Waals surface area contributed by atoms with Gasteiger partial charge in [-0.2, -0.15) is 0 Å². The van der Waals surface area contributed by atoms with Gasteiger partial charge in [-0.15, -0.1) is 0 Å². The van der Waals surface area contributed by atoms with Gasteiger partial charge in [-0.25, -0.2) is 8.42 Å². The van der Waals surface area contributed by atoms with Gasteiger partial charge in [0.25, 0.3) is 11.6 Å². The number of rotatable bonds is 6. The summed E-state index contributed by atoms with van der Waals surface area (Å²) >= 11 is 5.95. The SMILES string of the molecule is O=C(NCc1cccnc1)c1ccc(S(=O)(=O)c2ccccc2Cl)c([N+](=O)[O-])c1. The molecule has 0 bridgehead atoms. The molecule has 0 spiro atoms. The lowest BCUT2D eigenvalue weighted by Gasteiger charge is -2.09. The summed E-state index contributed by atoms with van der Waals surface area (Å²) in [7, 11) is -4.26. The van der Waals surface area contributed by atoms with E-state index in [-0.39, 0.29) is 22.0 Å². The molecule has 3 aromatic rings. The third-order valence-corrected chi connectivity index (χ3v) is 6.31. The Bertz CT molecular complexity index is 1180. The minimum Gasteiger partial charge on any atom is -0.348 e. The number of amides is 1. The molecule has 0 radical (unpaired) electrons. The Morgan fingerprint density at radius 3 is 2.52 bits per heavy atom. The number of pyridine rings is 1. The van der Waals surface area contributed by atoms with Gasteiger partial charge in [0.2, 0.25) is 9.84 Å². The standard InChI is InChI=1S/C19H14ClN3O5S/c20-15-5-1-2-6-17(15)29(27,28)18-8-7-14(10-16(18)23(25)26)19(24)22-12-13-4-3-9-21-11-13/h1-11H,12H2,(H,22,24). The van der Waals surface area contributed by atoms with Crippen LogP contribution in [-0.4, -0.2) is 24.2 Å². The van der Waals surface area contributed by atoms with Crippen molar-refractivity contribution in [3.05, 3.63) is 93.3 Å². The van der Waals surface area contributed by atoms with E-state index in [4.69, 9.17) is 11.6 Å². The molecule has 10 heteroatoms. The second-order valence-corrected chi connectivity index (χ2v) is 8.21. The molecule has 1 heterocycles. The lowest BCUT2D eigenvalue weighted by atomic mass is 10.2. The number of nitro groups is 1. The van der Waals surface area contributed by atoms with Crippen LogP contribution in [0.4, 0.5) is 5.69 Å². The maximum atomic E-state index is 12.9. The van der Waals surface area contributed by atoms with E-state index in [0.717, 1.165) is 17.7 Å². The minimum absolute atomic E-state index is 0.0429. The summed E-state index contributed by atoms with van der Waals surface area (Å²) in [5, 5.41) is 14.1. The second kappa shape index (κ2) is 8.38. The van der Waals surface area contributed by atoms with Crippen molar-refractivity contribution in [2.75, 3.05) is 0 Å². The molecule has 2 aromatic carbocycles. The number of aromatic nitrogens is 1. The summed E-state index contributed by atoms with van der Waals surface area (Å²) in [6.07, 6.45) is 3.16. The third kappa shape index (κ3) is 4.41. The van der Waals surface area contributed by atoms with Gasteiger partial charge >= 0.3 is 0 Å². The zero-order valence-corrected chi connectivity index (χ0v) is 16.4. The monoisotopic (exact) mass is 431 g/mol. The van der Waals surface area contributed by atoms with Crippen molar-refractivity contribution in [3.63, 3.8) is 0 Å². The summed E-state index contributed by atoms with van der Waals surface area (Å²) in [5.74, 6) is -0.585. The van der Waals surface area contributed by atoms with Gasteiger partial charge in [-0.05, 0) is 35.9 Å². The molecule has 1 N–H and O–H groups in total. The van der Waals surface area contributed by atoms with Gasteiger partial charge in [0.05, 0.1) is 14.8 Å². The van der Waals surface area contributed by atoms with Crippen LogP contribution in [0.15, 0.2) is 76.8 Å². The number of benzene rings is 2. The Labute approximate surface area is 171 Å². The molecular weight excluding hydrogens is 418 g/mol. The van der Waals surface area contributed by atoms with E-state index in [1.807, 2.05) is 0 Å². The molecule has 0 saturated heterocycles. The number of carbonyl (C=O) groups excluding carboxylic acids is 1. The first kappa shape index (κ1) is 20.4. The molecule has 0 atom stereocenters. The van der Waals surface area contributed by atoms with Crippen LogP contribution < -0.4 is 5.32 Å². The number of nitrogens with zero attached hydrogens (tertiary/aromatic N) is 2. The topological polar surface area (TPSA) is 119 Å². The van der Waals surface area contributed by atoms with Gasteiger partial charge in [-0.3, -0.25) is 19.9 Å². The Balaban J connectivity index is 1.94. The van der Waals surface area contributed by atoms with Gasteiger partial charge < -0.3 is 5.32 Å². The zero-order chi connectivity index (χ0) is 21.0. The van der Waals surface area contributed by atoms with Crippen molar-refractivity contribution in [1.29, 1.82) is 0 Å². The summed E-state index contributed by atoms with van der Waals surface area (Å²) in [6.45, 7) is 0.167. The Kier molecular flexibility index (Phi) is 5.90. The molecule has 8 nitrogen and oxygen atoms in total. The number of sulfone groups is 1. The van der Waals surface area contributed by atoms with E-state index < -0.39 is 31.3 Å². The van der Waals surface area contributed by atoms with Crippen molar-refractivity contribution in [2.45, 2.75) is 16.3 Å².